The van der Waals surface area contributed by atoms with E-state index in [1.54, 1.807) is 11.1 Å². The van der Waals surface area contributed by atoms with Gasteiger partial charge in [0.15, 0.2) is 0 Å². The first kappa shape index (κ1) is 9.31. The maximum atomic E-state index is 4.00. The molecule has 0 spiro atoms. The number of rotatable bonds is 0. The van der Waals surface area contributed by atoms with Gasteiger partial charge in [0.1, 0.15) is 0 Å². The summed E-state index contributed by atoms with van der Waals surface area (Å²) in [6.07, 6.45) is 9.40. The molecular formula is C12H18. The highest BCUT2D eigenvalue weighted by Crippen LogP contribution is 2.35. The van der Waals surface area contributed by atoms with Crippen LogP contribution < -0.4 is 0 Å². The Morgan fingerprint density at radius 1 is 1.25 bits per heavy atom. The Morgan fingerprint density at radius 3 is 2.67 bits per heavy atom. The van der Waals surface area contributed by atoms with Crippen molar-refractivity contribution < 1.29 is 0 Å². The van der Waals surface area contributed by atoms with E-state index in [2.05, 4.69) is 18.7 Å². The highest BCUT2D eigenvalue weighted by molar-refractivity contribution is 5.40. The maximum Gasteiger partial charge on any atom is -0.00670 e. The molecule has 0 nitrogen and oxygen atoms in total. The van der Waals surface area contributed by atoms with Crippen molar-refractivity contribution in [3.63, 3.8) is 0 Å². The Balaban J connectivity index is 0.000000336. The van der Waals surface area contributed by atoms with Crippen LogP contribution in [0.15, 0.2) is 35.5 Å². The maximum absolute atomic E-state index is 4.00. The van der Waals surface area contributed by atoms with Crippen LogP contribution in [0.2, 0.25) is 0 Å². The SMILES string of the molecule is C=C1CC2=C(CCC=C2)C1.CC. The Labute approximate surface area is 75.7 Å². The van der Waals surface area contributed by atoms with Gasteiger partial charge in [-0.2, -0.15) is 0 Å². The lowest BCUT2D eigenvalue weighted by atomic mass is 10.0. The van der Waals surface area contributed by atoms with E-state index in [0.717, 1.165) is 6.42 Å². The van der Waals surface area contributed by atoms with E-state index in [9.17, 15) is 0 Å². The van der Waals surface area contributed by atoms with Crippen LogP contribution in [0.1, 0.15) is 39.5 Å². The lowest BCUT2D eigenvalue weighted by Gasteiger charge is -2.05. The van der Waals surface area contributed by atoms with Crippen LogP contribution in [-0.4, -0.2) is 0 Å². The molecule has 0 aromatic carbocycles. The summed E-state index contributed by atoms with van der Waals surface area (Å²) in [5, 5.41) is 0. The minimum absolute atomic E-state index is 1.14. The molecule has 2 aliphatic rings. The standard InChI is InChI=1S/C10H12.C2H6/c1-8-6-9-4-2-3-5-10(9)7-8;1-2/h2,4H,1,3,5-7H2;1-2H3. The van der Waals surface area contributed by atoms with E-state index in [1.165, 1.54) is 24.8 Å². The van der Waals surface area contributed by atoms with Gasteiger partial charge < -0.3 is 0 Å². The summed E-state index contributed by atoms with van der Waals surface area (Å²) >= 11 is 0. The molecule has 66 valence electrons. The molecule has 12 heavy (non-hydrogen) atoms. The van der Waals surface area contributed by atoms with Crippen molar-refractivity contribution in [3.05, 3.63) is 35.5 Å². The van der Waals surface area contributed by atoms with Crippen LogP contribution in [0.3, 0.4) is 0 Å². The van der Waals surface area contributed by atoms with Crippen LogP contribution >= 0.6 is 0 Å². The summed E-state index contributed by atoms with van der Waals surface area (Å²) in [6.45, 7) is 8.00. The second kappa shape index (κ2) is 4.30. The molecule has 0 aliphatic heterocycles. The zero-order valence-corrected chi connectivity index (χ0v) is 8.19. The molecule has 0 atom stereocenters. The van der Waals surface area contributed by atoms with Gasteiger partial charge in [0.05, 0.1) is 0 Å². The first-order valence-corrected chi connectivity index (χ1v) is 4.90. The average molecular weight is 162 g/mol. The van der Waals surface area contributed by atoms with E-state index < -0.39 is 0 Å². The van der Waals surface area contributed by atoms with Gasteiger partial charge in [-0.05, 0) is 31.3 Å². The van der Waals surface area contributed by atoms with E-state index in [0.29, 0.717) is 0 Å². The van der Waals surface area contributed by atoms with Crippen molar-refractivity contribution in [3.8, 4) is 0 Å². The number of allylic oxidation sites excluding steroid dienone is 5. The van der Waals surface area contributed by atoms with Gasteiger partial charge in [0.2, 0.25) is 0 Å². The predicted molar refractivity (Wildman–Crippen MR) is 55.1 cm³/mol. The molecule has 0 radical (unpaired) electrons. The molecular weight excluding hydrogens is 144 g/mol. The summed E-state index contributed by atoms with van der Waals surface area (Å²) in [7, 11) is 0. The molecule has 0 heterocycles. The Morgan fingerprint density at radius 2 is 2.00 bits per heavy atom. The fourth-order valence-corrected chi connectivity index (χ4v) is 1.78. The van der Waals surface area contributed by atoms with Gasteiger partial charge in [-0.15, -0.1) is 0 Å². The minimum atomic E-state index is 1.14. The minimum Gasteiger partial charge on any atom is -0.0992 e. The largest absolute Gasteiger partial charge is 0.0992 e. The van der Waals surface area contributed by atoms with Gasteiger partial charge in [0, 0.05) is 0 Å². The van der Waals surface area contributed by atoms with Gasteiger partial charge in [-0.1, -0.05) is 43.7 Å². The van der Waals surface area contributed by atoms with Crippen LogP contribution in [0.25, 0.3) is 0 Å². The van der Waals surface area contributed by atoms with Crippen molar-refractivity contribution in [1.29, 1.82) is 0 Å². The normalized spacial score (nSPS) is 20.3. The van der Waals surface area contributed by atoms with Crippen LogP contribution in [0.4, 0.5) is 0 Å². The lowest BCUT2D eigenvalue weighted by Crippen LogP contribution is -1.85. The Kier molecular flexibility index (Phi) is 3.33. The van der Waals surface area contributed by atoms with Gasteiger partial charge >= 0.3 is 0 Å². The van der Waals surface area contributed by atoms with Crippen molar-refractivity contribution in [2.24, 2.45) is 0 Å². The van der Waals surface area contributed by atoms with Crippen LogP contribution in [0, 0.1) is 0 Å². The van der Waals surface area contributed by atoms with E-state index >= 15 is 0 Å². The molecule has 0 amide bonds. The molecule has 0 unspecified atom stereocenters. The average Bonchev–Trinajstić information content (AvgIpc) is 2.48. The molecule has 0 N–H and O–H groups in total. The fourth-order valence-electron chi connectivity index (χ4n) is 1.78. The molecule has 0 aromatic heterocycles. The summed E-state index contributed by atoms with van der Waals surface area (Å²) in [5.74, 6) is 0. The highest BCUT2D eigenvalue weighted by Gasteiger charge is 2.16. The van der Waals surface area contributed by atoms with Gasteiger partial charge in [-0.3, -0.25) is 0 Å². The van der Waals surface area contributed by atoms with Crippen molar-refractivity contribution >= 4 is 0 Å². The van der Waals surface area contributed by atoms with Crippen LogP contribution in [0.5, 0.6) is 0 Å². The van der Waals surface area contributed by atoms with Crippen molar-refractivity contribution in [1.82, 2.24) is 0 Å². The summed E-state index contributed by atoms with van der Waals surface area (Å²) in [5.41, 5.74) is 4.60. The van der Waals surface area contributed by atoms with Crippen LogP contribution in [-0.2, 0) is 0 Å². The molecule has 0 aromatic rings. The topological polar surface area (TPSA) is 0 Å². The third-order valence-electron chi connectivity index (χ3n) is 2.29. The molecule has 0 fully saturated rings. The zero-order chi connectivity index (χ0) is 8.97. The zero-order valence-electron chi connectivity index (χ0n) is 8.19. The first-order chi connectivity index (χ1) is 5.86. The highest BCUT2D eigenvalue weighted by atomic mass is 14.2. The lowest BCUT2D eigenvalue weighted by molar-refractivity contribution is 0.925. The molecule has 0 heteroatoms. The first-order valence-electron chi connectivity index (χ1n) is 4.90. The monoisotopic (exact) mass is 162 g/mol. The van der Waals surface area contributed by atoms with Crippen molar-refractivity contribution in [2.75, 3.05) is 0 Å². The fraction of sp³-hybridized carbons (Fsp3) is 0.500. The Hall–Kier alpha value is -0.780. The summed E-state index contributed by atoms with van der Waals surface area (Å²) < 4.78 is 0. The Bertz CT molecular complexity index is 228. The summed E-state index contributed by atoms with van der Waals surface area (Å²) in [6, 6.07) is 0. The van der Waals surface area contributed by atoms with E-state index in [4.69, 9.17) is 0 Å². The van der Waals surface area contributed by atoms with E-state index in [-0.39, 0.29) is 0 Å². The predicted octanol–water partition coefficient (Wildman–Crippen LogP) is 4.01. The third kappa shape index (κ3) is 1.88. The van der Waals surface area contributed by atoms with Gasteiger partial charge in [-0.25, -0.2) is 0 Å². The molecule has 0 saturated heterocycles. The molecule has 0 bridgehead atoms. The smallest absolute Gasteiger partial charge is 0.00670 e. The summed E-state index contributed by atoms with van der Waals surface area (Å²) in [4.78, 5) is 0. The quantitative estimate of drug-likeness (QED) is 0.472. The van der Waals surface area contributed by atoms with Gasteiger partial charge in [0.25, 0.3) is 0 Å². The van der Waals surface area contributed by atoms with E-state index in [1.807, 2.05) is 13.8 Å². The molecule has 2 rings (SSSR count). The third-order valence-corrected chi connectivity index (χ3v) is 2.29. The van der Waals surface area contributed by atoms with Crippen molar-refractivity contribution in [2.45, 2.75) is 39.5 Å². The number of hydrogen-bond donors (Lipinski definition) is 0. The second-order valence-electron chi connectivity index (χ2n) is 3.17. The molecule has 2 aliphatic carbocycles. The number of hydrogen-bond acceptors (Lipinski definition) is 0. The molecule has 0 saturated carbocycles. The second-order valence-corrected chi connectivity index (χ2v) is 3.17.